The Morgan fingerprint density at radius 1 is 0.857 bits per heavy atom. The van der Waals surface area contributed by atoms with Gasteiger partial charge in [-0.15, -0.1) is 0 Å². The van der Waals surface area contributed by atoms with Gasteiger partial charge in [-0.3, -0.25) is 31.1 Å². The van der Waals surface area contributed by atoms with E-state index >= 15 is 0 Å². The predicted molar refractivity (Wildman–Crippen MR) is 57.1 cm³/mol. The van der Waals surface area contributed by atoms with Crippen LogP contribution in [0, 0.1) is 0 Å². The molecule has 0 atom stereocenters. The second-order valence-corrected chi connectivity index (χ2v) is 6.08. The highest BCUT2D eigenvalue weighted by Gasteiger charge is 2.04. The molecular formula is C4H16N6O2P2. The van der Waals surface area contributed by atoms with Gasteiger partial charge < -0.3 is 0 Å². The molecule has 10 heteroatoms. The van der Waals surface area contributed by atoms with Crippen molar-refractivity contribution in [1.82, 2.24) is 10.2 Å². The van der Waals surface area contributed by atoms with E-state index in [1.54, 1.807) is 12.2 Å². The molecule has 0 aliphatic carbocycles. The Labute approximate surface area is 82.5 Å². The highest BCUT2D eigenvalue weighted by Crippen LogP contribution is 2.16. The monoisotopic (exact) mass is 242 g/mol. The SMILES string of the molecule is NP(N)(=O)NCC=CCNP(N)(N)=O. The maximum Gasteiger partial charge on any atom is 0.274 e. The summed E-state index contributed by atoms with van der Waals surface area (Å²) in [6, 6.07) is 0. The van der Waals surface area contributed by atoms with E-state index in [1.165, 1.54) is 0 Å². The maximum absolute atomic E-state index is 10.7. The van der Waals surface area contributed by atoms with Gasteiger partial charge in [0.15, 0.2) is 0 Å². The predicted octanol–water partition coefficient (Wildman–Crippen LogP) is -1.23. The fourth-order valence-electron chi connectivity index (χ4n) is 0.557. The van der Waals surface area contributed by atoms with Crippen LogP contribution in [0.15, 0.2) is 12.2 Å². The molecule has 0 aliphatic heterocycles. The fourth-order valence-corrected chi connectivity index (χ4v) is 1.34. The third-order valence-corrected chi connectivity index (χ3v) is 2.43. The van der Waals surface area contributed by atoms with Crippen molar-refractivity contribution in [3.8, 4) is 0 Å². The van der Waals surface area contributed by atoms with E-state index < -0.39 is 15.2 Å². The minimum atomic E-state index is -3.17. The van der Waals surface area contributed by atoms with Gasteiger partial charge in [0.1, 0.15) is 0 Å². The lowest BCUT2D eigenvalue weighted by atomic mass is 10.5. The molecular weight excluding hydrogens is 226 g/mol. The fraction of sp³-hybridized carbons (Fsp3) is 0.500. The molecule has 0 amide bonds. The normalized spacial score (nSPS) is 13.7. The maximum atomic E-state index is 10.7. The summed E-state index contributed by atoms with van der Waals surface area (Å²) in [6.07, 6.45) is 3.21. The number of nitrogens with two attached hydrogens (primary N) is 4. The molecule has 0 spiro atoms. The zero-order chi connectivity index (χ0) is 11.2. The minimum Gasteiger partial charge on any atom is -0.271 e. The van der Waals surface area contributed by atoms with Crippen LogP contribution >= 0.6 is 15.2 Å². The molecule has 0 saturated heterocycles. The summed E-state index contributed by atoms with van der Waals surface area (Å²) in [6.45, 7) is 0.511. The number of hydrogen-bond acceptors (Lipinski definition) is 2. The highest BCUT2D eigenvalue weighted by molar-refractivity contribution is 7.57. The van der Waals surface area contributed by atoms with Gasteiger partial charge in [-0.2, -0.15) is 0 Å². The Hall–Kier alpha value is -0.0400. The van der Waals surface area contributed by atoms with Crippen molar-refractivity contribution >= 4 is 15.2 Å². The number of rotatable bonds is 6. The van der Waals surface area contributed by atoms with Crippen LogP contribution < -0.4 is 32.2 Å². The summed E-state index contributed by atoms with van der Waals surface area (Å²) >= 11 is 0. The van der Waals surface area contributed by atoms with Gasteiger partial charge in [0.2, 0.25) is 0 Å². The topological polar surface area (TPSA) is 162 Å². The summed E-state index contributed by atoms with van der Waals surface area (Å²) < 4.78 is 21.4. The van der Waals surface area contributed by atoms with Crippen molar-refractivity contribution in [2.24, 2.45) is 22.0 Å². The Morgan fingerprint density at radius 3 is 1.36 bits per heavy atom. The Morgan fingerprint density at radius 2 is 1.14 bits per heavy atom. The summed E-state index contributed by atoms with van der Waals surface area (Å²) in [5.41, 5.74) is 20.0. The first-order chi connectivity index (χ1) is 6.21. The summed E-state index contributed by atoms with van der Waals surface area (Å²) in [4.78, 5) is 0. The van der Waals surface area contributed by atoms with Crippen molar-refractivity contribution in [2.45, 2.75) is 0 Å². The molecule has 0 aromatic rings. The molecule has 0 saturated carbocycles. The molecule has 10 N–H and O–H groups in total. The first-order valence-electron chi connectivity index (χ1n) is 3.70. The molecule has 0 aromatic carbocycles. The van der Waals surface area contributed by atoms with E-state index in [9.17, 15) is 9.13 Å². The van der Waals surface area contributed by atoms with Crippen molar-refractivity contribution in [1.29, 1.82) is 0 Å². The molecule has 0 heterocycles. The van der Waals surface area contributed by atoms with E-state index in [4.69, 9.17) is 22.0 Å². The molecule has 0 aliphatic rings. The molecule has 0 radical (unpaired) electrons. The quantitative estimate of drug-likeness (QED) is 0.249. The van der Waals surface area contributed by atoms with Crippen molar-refractivity contribution in [3.05, 3.63) is 12.2 Å². The second kappa shape index (κ2) is 5.75. The lowest BCUT2D eigenvalue weighted by molar-refractivity contribution is 0.567. The molecule has 84 valence electrons. The van der Waals surface area contributed by atoms with E-state index in [-0.39, 0.29) is 13.1 Å². The van der Waals surface area contributed by atoms with Crippen molar-refractivity contribution < 1.29 is 9.13 Å². The Kier molecular flexibility index (Phi) is 5.73. The molecule has 0 aromatic heterocycles. The van der Waals surface area contributed by atoms with Crippen LogP contribution in [-0.2, 0) is 9.13 Å². The average molecular weight is 242 g/mol. The van der Waals surface area contributed by atoms with Crippen LogP contribution in [-0.4, -0.2) is 13.1 Å². The molecule has 0 fully saturated rings. The van der Waals surface area contributed by atoms with E-state index in [0.717, 1.165) is 0 Å². The van der Waals surface area contributed by atoms with E-state index in [2.05, 4.69) is 10.2 Å². The van der Waals surface area contributed by atoms with Gasteiger partial charge in [0, 0.05) is 13.1 Å². The molecule has 0 bridgehead atoms. The number of nitrogens with one attached hydrogen (secondary N) is 2. The highest BCUT2D eigenvalue weighted by atomic mass is 31.2. The lowest BCUT2D eigenvalue weighted by Crippen LogP contribution is -2.23. The number of hydrogen-bond donors (Lipinski definition) is 6. The third kappa shape index (κ3) is 12.0. The first-order valence-corrected chi connectivity index (χ1v) is 7.39. The third-order valence-electron chi connectivity index (χ3n) is 1.08. The minimum absolute atomic E-state index is 0.255. The molecule has 8 nitrogen and oxygen atoms in total. The van der Waals surface area contributed by atoms with Crippen LogP contribution in [0.25, 0.3) is 0 Å². The lowest BCUT2D eigenvalue weighted by Gasteiger charge is -2.06. The van der Waals surface area contributed by atoms with Crippen LogP contribution in [0.1, 0.15) is 0 Å². The van der Waals surface area contributed by atoms with Gasteiger partial charge in [0.05, 0.1) is 0 Å². The zero-order valence-corrected chi connectivity index (χ0v) is 9.38. The van der Waals surface area contributed by atoms with Crippen LogP contribution in [0.3, 0.4) is 0 Å². The molecule has 0 unspecified atom stereocenters. The summed E-state index contributed by atoms with van der Waals surface area (Å²) in [5, 5.41) is 4.77. The Balaban J connectivity index is 3.57. The largest absolute Gasteiger partial charge is 0.274 e. The van der Waals surface area contributed by atoms with E-state index in [0.29, 0.717) is 0 Å². The van der Waals surface area contributed by atoms with Crippen molar-refractivity contribution in [3.63, 3.8) is 0 Å². The smallest absolute Gasteiger partial charge is 0.271 e. The first kappa shape index (κ1) is 14.0. The van der Waals surface area contributed by atoms with Gasteiger partial charge in [0.25, 0.3) is 15.2 Å². The van der Waals surface area contributed by atoms with Crippen LogP contribution in [0.5, 0.6) is 0 Å². The van der Waals surface area contributed by atoms with E-state index in [1.807, 2.05) is 0 Å². The van der Waals surface area contributed by atoms with Gasteiger partial charge in [-0.25, -0.2) is 10.2 Å². The summed E-state index contributed by atoms with van der Waals surface area (Å²) in [5.74, 6) is 0. The standard InChI is InChI=1S/C4H16N6O2P2/c5-13(6,11)9-3-1-2-4-10-14(7,8)12/h1-2H,3-4H2,(H5,5,6,9,11)(H5,7,8,10,12). The Bertz CT molecular complexity index is 252. The van der Waals surface area contributed by atoms with Crippen LogP contribution in [0.4, 0.5) is 0 Å². The summed E-state index contributed by atoms with van der Waals surface area (Å²) in [7, 11) is -6.35. The van der Waals surface area contributed by atoms with Crippen LogP contribution in [0.2, 0.25) is 0 Å². The van der Waals surface area contributed by atoms with Gasteiger partial charge in [-0.1, -0.05) is 12.2 Å². The molecule has 14 heavy (non-hydrogen) atoms. The second-order valence-electron chi connectivity index (χ2n) is 2.61. The zero-order valence-electron chi connectivity index (χ0n) is 7.59. The molecule has 0 rings (SSSR count). The average Bonchev–Trinajstić information content (AvgIpc) is 1.92. The van der Waals surface area contributed by atoms with Crippen molar-refractivity contribution in [2.75, 3.05) is 13.1 Å². The van der Waals surface area contributed by atoms with Gasteiger partial charge >= 0.3 is 0 Å². The van der Waals surface area contributed by atoms with Gasteiger partial charge in [-0.05, 0) is 0 Å².